The van der Waals surface area contributed by atoms with Crippen LogP contribution in [0.15, 0.2) is 35.5 Å². The number of carboxylic acids is 1. The van der Waals surface area contributed by atoms with Crippen LogP contribution in [-0.4, -0.2) is 61.6 Å². The van der Waals surface area contributed by atoms with E-state index in [1.807, 2.05) is 0 Å². The summed E-state index contributed by atoms with van der Waals surface area (Å²) >= 11 is 0. The van der Waals surface area contributed by atoms with Crippen molar-refractivity contribution < 1.29 is 18.9 Å². The summed E-state index contributed by atoms with van der Waals surface area (Å²) in [6.07, 6.45) is 10.0. The zero-order valence-corrected chi connectivity index (χ0v) is 21.1. The van der Waals surface area contributed by atoms with Crippen LogP contribution in [0.4, 0.5) is 11.5 Å². The maximum absolute atomic E-state index is 13.0. The molecule has 1 atom stereocenters. The molecule has 0 aliphatic heterocycles. The monoisotopic (exact) mass is 499 g/mol. The molecule has 10 heteroatoms. The third kappa shape index (κ3) is 6.64. The van der Waals surface area contributed by atoms with Gasteiger partial charge in [0.25, 0.3) is 5.91 Å². The number of carbonyl (C=O) groups excluding carboxylic acids is 1. The smallest absolute Gasteiger partial charge is 0.318 e. The Bertz CT molecular complexity index is 1100. The zero-order chi connectivity index (χ0) is 24.9. The number of rotatable bonds is 10. The SMILES string of the molecule is Cc1cc(S(=O)N(C)CC(=O)O)ccc1NC(=O)c1cc(N(CC2CC2)C2CCCCC2)ncn1. The summed E-state index contributed by atoms with van der Waals surface area (Å²) in [5, 5.41) is 11.8. The summed E-state index contributed by atoms with van der Waals surface area (Å²) in [5.74, 6) is 0.145. The number of aliphatic carboxylic acids is 1. The predicted octanol–water partition coefficient (Wildman–Crippen LogP) is 3.63. The van der Waals surface area contributed by atoms with E-state index in [4.69, 9.17) is 5.11 Å². The summed E-state index contributed by atoms with van der Waals surface area (Å²) in [6, 6.07) is 7.24. The van der Waals surface area contributed by atoms with Gasteiger partial charge in [0.15, 0.2) is 0 Å². The molecule has 1 heterocycles. The number of anilines is 2. The normalized spacial score (nSPS) is 17.2. The Hall–Kier alpha value is -2.85. The van der Waals surface area contributed by atoms with Crippen molar-refractivity contribution in [1.82, 2.24) is 14.3 Å². The van der Waals surface area contributed by atoms with Crippen molar-refractivity contribution in [2.75, 3.05) is 30.4 Å². The van der Waals surface area contributed by atoms with Crippen molar-refractivity contribution in [3.63, 3.8) is 0 Å². The number of benzene rings is 1. The van der Waals surface area contributed by atoms with Crippen LogP contribution >= 0.6 is 0 Å². The number of amides is 1. The number of likely N-dealkylation sites (N-methyl/N-ethyl adjacent to an activating group) is 1. The second kappa shape index (κ2) is 11.3. The molecule has 2 aliphatic carbocycles. The van der Waals surface area contributed by atoms with Crippen LogP contribution in [0, 0.1) is 12.8 Å². The number of carboxylic acid groups (broad SMARTS) is 1. The zero-order valence-electron chi connectivity index (χ0n) is 20.3. The number of aromatic nitrogens is 2. The maximum Gasteiger partial charge on any atom is 0.318 e. The Morgan fingerprint density at radius 3 is 2.51 bits per heavy atom. The van der Waals surface area contributed by atoms with Crippen LogP contribution < -0.4 is 10.2 Å². The molecule has 4 rings (SSSR count). The van der Waals surface area contributed by atoms with Crippen LogP contribution in [0.3, 0.4) is 0 Å². The van der Waals surface area contributed by atoms with Gasteiger partial charge in [0.1, 0.15) is 35.4 Å². The maximum atomic E-state index is 13.0. The van der Waals surface area contributed by atoms with Crippen LogP contribution in [0.2, 0.25) is 0 Å². The second-order valence-corrected chi connectivity index (χ2v) is 11.1. The summed E-state index contributed by atoms with van der Waals surface area (Å²) in [5.41, 5.74) is 1.61. The van der Waals surface area contributed by atoms with Gasteiger partial charge in [0.2, 0.25) is 0 Å². The molecule has 1 amide bonds. The van der Waals surface area contributed by atoms with Gasteiger partial charge in [-0.05, 0) is 62.3 Å². The average Bonchev–Trinajstić information content (AvgIpc) is 3.68. The van der Waals surface area contributed by atoms with E-state index in [1.54, 1.807) is 31.2 Å². The highest BCUT2D eigenvalue weighted by molar-refractivity contribution is 7.82. The number of nitrogens with one attached hydrogen (secondary N) is 1. The van der Waals surface area contributed by atoms with E-state index in [1.165, 1.54) is 49.8 Å². The van der Waals surface area contributed by atoms with Crippen molar-refractivity contribution >= 4 is 34.4 Å². The highest BCUT2D eigenvalue weighted by Gasteiger charge is 2.30. The second-order valence-electron chi connectivity index (χ2n) is 9.51. The molecule has 1 unspecified atom stereocenters. The Balaban J connectivity index is 1.47. The molecule has 2 aromatic rings. The lowest BCUT2D eigenvalue weighted by molar-refractivity contribution is -0.136. The van der Waals surface area contributed by atoms with Gasteiger partial charge >= 0.3 is 5.97 Å². The topological polar surface area (TPSA) is 116 Å². The summed E-state index contributed by atoms with van der Waals surface area (Å²) in [7, 11) is -0.126. The third-order valence-corrected chi connectivity index (χ3v) is 7.99. The first-order chi connectivity index (χ1) is 16.8. The van der Waals surface area contributed by atoms with Gasteiger partial charge in [-0.2, -0.15) is 0 Å². The van der Waals surface area contributed by atoms with E-state index in [-0.39, 0.29) is 12.5 Å². The van der Waals surface area contributed by atoms with Crippen molar-refractivity contribution in [3.05, 3.63) is 41.9 Å². The standard InChI is InChI=1S/C25H33N5O4S/c1-17-12-20(35(34)29(2)15-24(31)32)10-11-21(17)28-25(33)22-13-23(27-16-26-22)30(14-18-8-9-18)19-6-4-3-5-7-19/h10-13,16,18-19H,3-9,14-15H2,1-2H3,(H,28,33)(H,31,32). The Labute approximate surface area is 208 Å². The first kappa shape index (κ1) is 25.2. The van der Waals surface area contributed by atoms with E-state index in [2.05, 4.69) is 20.2 Å². The number of carbonyl (C=O) groups is 2. The van der Waals surface area contributed by atoms with Crippen LogP contribution in [-0.2, 0) is 15.8 Å². The molecule has 35 heavy (non-hydrogen) atoms. The lowest BCUT2D eigenvalue weighted by atomic mass is 9.94. The van der Waals surface area contributed by atoms with Crippen LogP contribution in [0.1, 0.15) is 61.0 Å². The van der Waals surface area contributed by atoms with E-state index in [0.717, 1.165) is 30.8 Å². The number of aryl methyl sites for hydroxylation is 1. The minimum Gasteiger partial charge on any atom is -0.480 e. The first-order valence-electron chi connectivity index (χ1n) is 12.2. The van der Waals surface area contributed by atoms with E-state index in [0.29, 0.717) is 28.2 Å². The van der Waals surface area contributed by atoms with Crippen molar-refractivity contribution in [2.45, 2.75) is 62.8 Å². The molecule has 0 bridgehead atoms. The minimum absolute atomic E-state index is 0.305. The van der Waals surface area contributed by atoms with Gasteiger partial charge in [0, 0.05) is 31.4 Å². The molecule has 9 nitrogen and oxygen atoms in total. The van der Waals surface area contributed by atoms with Crippen LogP contribution in [0.25, 0.3) is 0 Å². The number of hydrogen-bond donors (Lipinski definition) is 2. The van der Waals surface area contributed by atoms with Gasteiger partial charge < -0.3 is 15.3 Å². The predicted molar refractivity (Wildman–Crippen MR) is 135 cm³/mol. The highest BCUT2D eigenvalue weighted by Crippen LogP contribution is 2.34. The minimum atomic E-state index is -1.61. The highest BCUT2D eigenvalue weighted by atomic mass is 32.2. The molecule has 0 spiro atoms. The molecule has 2 N–H and O–H groups in total. The summed E-state index contributed by atoms with van der Waals surface area (Å²) in [6.45, 7) is 2.45. The number of nitrogens with zero attached hydrogens (tertiary/aromatic N) is 4. The van der Waals surface area contributed by atoms with Crippen molar-refractivity contribution in [2.24, 2.45) is 5.92 Å². The van der Waals surface area contributed by atoms with Gasteiger partial charge in [0.05, 0.1) is 4.90 Å². The molecule has 2 saturated carbocycles. The van der Waals surface area contributed by atoms with Gasteiger partial charge in [-0.25, -0.2) is 18.5 Å². The molecule has 2 fully saturated rings. The van der Waals surface area contributed by atoms with Gasteiger partial charge in [-0.3, -0.25) is 9.59 Å². The molecule has 0 radical (unpaired) electrons. The first-order valence-corrected chi connectivity index (χ1v) is 13.3. The van der Waals surface area contributed by atoms with E-state index >= 15 is 0 Å². The quantitative estimate of drug-likeness (QED) is 0.513. The lowest BCUT2D eigenvalue weighted by Crippen LogP contribution is -2.39. The average molecular weight is 500 g/mol. The summed E-state index contributed by atoms with van der Waals surface area (Å²) in [4.78, 5) is 35.5. The fourth-order valence-electron chi connectivity index (χ4n) is 4.53. The molecule has 1 aromatic heterocycles. The lowest BCUT2D eigenvalue weighted by Gasteiger charge is -2.35. The molecular formula is C25H33N5O4S. The Morgan fingerprint density at radius 1 is 1.11 bits per heavy atom. The number of hydrogen-bond acceptors (Lipinski definition) is 6. The molecule has 1 aromatic carbocycles. The largest absolute Gasteiger partial charge is 0.480 e. The van der Waals surface area contributed by atoms with Gasteiger partial charge in [-0.15, -0.1) is 0 Å². The van der Waals surface area contributed by atoms with Crippen LogP contribution in [0.5, 0.6) is 0 Å². The van der Waals surface area contributed by atoms with Crippen molar-refractivity contribution in [3.8, 4) is 0 Å². The van der Waals surface area contributed by atoms with E-state index < -0.39 is 17.0 Å². The van der Waals surface area contributed by atoms with Gasteiger partial charge in [-0.1, -0.05) is 19.3 Å². The third-order valence-electron chi connectivity index (χ3n) is 6.64. The molecule has 188 valence electrons. The Morgan fingerprint density at radius 2 is 1.86 bits per heavy atom. The fraction of sp³-hybridized carbons (Fsp3) is 0.520. The summed E-state index contributed by atoms with van der Waals surface area (Å²) < 4.78 is 13.8. The van der Waals surface area contributed by atoms with E-state index in [9.17, 15) is 13.8 Å². The Kier molecular flexibility index (Phi) is 8.12. The molecular weight excluding hydrogens is 466 g/mol. The molecule has 2 aliphatic rings. The molecule has 0 saturated heterocycles. The van der Waals surface area contributed by atoms with Crippen molar-refractivity contribution in [1.29, 1.82) is 0 Å². The fourth-order valence-corrected chi connectivity index (χ4v) is 5.58.